The fourth-order valence-electron chi connectivity index (χ4n) is 6.39. The van der Waals surface area contributed by atoms with Crippen LogP contribution >= 0.6 is 0 Å². The van der Waals surface area contributed by atoms with Crippen molar-refractivity contribution in [2.75, 3.05) is 0 Å². The van der Waals surface area contributed by atoms with E-state index in [0.29, 0.717) is 23.0 Å². The minimum Gasteiger partial charge on any atom is -0.308 e. The molecule has 2 aromatic heterocycles. The van der Waals surface area contributed by atoms with Gasteiger partial charge in [0.1, 0.15) is 0 Å². The quantitative estimate of drug-likeness (QED) is 0.196. The topological polar surface area (TPSA) is 43.6 Å². The zero-order valence-corrected chi connectivity index (χ0v) is 25.1. The van der Waals surface area contributed by atoms with E-state index >= 15 is 0 Å². The number of benzene rings is 7. The van der Waals surface area contributed by atoms with E-state index in [2.05, 4.69) is 28.8 Å². The molecule has 7 aromatic carbocycles. The van der Waals surface area contributed by atoms with Crippen LogP contribution in [0.2, 0.25) is 0 Å². The average Bonchev–Trinajstić information content (AvgIpc) is 3.54. The number of hydrogen-bond donors (Lipinski definition) is 0. The van der Waals surface area contributed by atoms with Crippen molar-refractivity contribution in [3.63, 3.8) is 0 Å². The van der Waals surface area contributed by atoms with Crippen molar-refractivity contribution in [3.8, 4) is 51.0 Å². The average molecular weight is 606 g/mol. The molecule has 47 heavy (non-hydrogen) atoms. The first-order chi connectivity index (χ1) is 25.4. The van der Waals surface area contributed by atoms with Gasteiger partial charge in [0, 0.05) is 27.5 Å². The van der Waals surface area contributed by atoms with Crippen LogP contribution in [0.3, 0.4) is 0 Å². The highest BCUT2D eigenvalue weighted by molar-refractivity contribution is 6.16. The monoisotopic (exact) mass is 605 g/mol. The van der Waals surface area contributed by atoms with E-state index < -0.39 is 6.04 Å². The van der Waals surface area contributed by atoms with Crippen LogP contribution in [-0.4, -0.2) is 19.5 Å². The van der Waals surface area contributed by atoms with Crippen molar-refractivity contribution in [1.82, 2.24) is 19.5 Å². The first-order valence-corrected chi connectivity index (χ1v) is 15.4. The van der Waals surface area contributed by atoms with Crippen LogP contribution in [0, 0.1) is 0 Å². The molecular formula is C43H28N4. The molecule has 0 saturated carbocycles. The van der Waals surface area contributed by atoms with Gasteiger partial charge in [-0.05, 0) is 46.2 Å². The van der Waals surface area contributed by atoms with Crippen LogP contribution < -0.4 is 0 Å². The lowest BCUT2D eigenvalue weighted by atomic mass is 9.99. The zero-order valence-electron chi connectivity index (χ0n) is 30.1. The number of aromatic nitrogens is 4. The molecule has 4 nitrogen and oxygen atoms in total. The summed E-state index contributed by atoms with van der Waals surface area (Å²) in [5.74, 6) is 1.60. The molecule has 0 radical (unpaired) electrons. The van der Waals surface area contributed by atoms with Gasteiger partial charge < -0.3 is 4.57 Å². The van der Waals surface area contributed by atoms with Gasteiger partial charge >= 0.3 is 0 Å². The second-order valence-corrected chi connectivity index (χ2v) is 11.3. The largest absolute Gasteiger partial charge is 0.308 e. The highest BCUT2D eigenvalue weighted by Gasteiger charge is 2.21. The predicted molar refractivity (Wildman–Crippen MR) is 193 cm³/mol. The van der Waals surface area contributed by atoms with Crippen molar-refractivity contribution in [2.45, 2.75) is 0 Å². The van der Waals surface area contributed by atoms with Crippen molar-refractivity contribution in [3.05, 3.63) is 170 Å². The third-order valence-corrected chi connectivity index (χ3v) is 8.51. The van der Waals surface area contributed by atoms with Gasteiger partial charge in [-0.2, -0.15) is 0 Å². The maximum atomic E-state index is 8.84. The van der Waals surface area contributed by atoms with E-state index in [1.807, 2.05) is 115 Å². The fraction of sp³-hybridized carbons (Fsp3) is 0. The standard InChI is InChI=1S/C43H28N4/c1-4-15-29(16-5-1)34-24-14-26-38-40(34)35-23-12-13-25-37(35)47(38)39-28-33-22-11-10-21-32(33)27-36(39)43-45-41(30-17-6-2-7-18-30)44-42(46-43)31-19-8-3-9-20-31/h1-28H/i1D,4D,5D,15D,16D. The van der Waals surface area contributed by atoms with Gasteiger partial charge in [-0.15, -0.1) is 0 Å². The molecule has 0 aliphatic carbocycles. The van der Waals surface area contributed by atoms with Crippen molar-refractivity contribution in [1.29, 1.82) is 0 Å². The third-order valence-electron chi connectivity index (χ3n) is 8.51. The minimum atomic E-state index is -0.420. The maximum absolute atomic E-state index is 8.84. The molecule has 0 bridgehead atoms. The summed E-state index contributed by atoms with van der Waals surface area (Å²) in [5, 5.41) is 3.70. The van der Waals surface area contributed by atoms with Gasteiger partial charge in [0.15, 0.2) is 17.5 Å². The van der Waals surface area contributed by atoms with E-state index in [1.165, 1.54) is 0 Å². The number of fused-ring (bicyclic) bond motifs is 4. The lowest BCUT2D eigenvalue weighted by molar-refractivity contribution is 1.07. The van der Waals surface area contributed by atoms with Crippen LogP contribution in [0.25, 0.3) is 83.6 Å². The van der Waals surface area contributed by atoms with Crippen LogP contribution in [0.15, 0.2) is 170 Å². The number of hydrogen-bond acceptors (Lipinski definition) is 3. The Morgan fingerprint density at radius 1 is 0.447 bits per heavy atom. The Bertz CT molecular complexity index is 2770. The van der Waals surface area contributed by atoms with E-state index in [0.717, 1.165) is 55.0 Å². The van der Waals surface area contributed by atoms with E-state index in [9.17, 15) is 0 Å². The molecule has 0 aliphatic heterocycles. The molecular weight excluding hydrogens is 573 g/mol. The maximum Gasteiger partial charge on any atom is 0.166 e. The molecule has 0 saturated heterocycles. The summed E-state index contributed by atoms with van der Waals surface area (Å²) < 4.78 is 44.9. The highest BCUT2D eigenvalue weighted by Crippen LogP contribution is 2.41. The first kappa shape index (κ1) is 22.2. The van der Waals surface area contributed by atoms with E-state index in [4.69, 9.17) is 21.8 Å². The Kier molecular flexibility index (Phi) is 5.28. The normalized spacial score (nSPS) is 12.9. The van der Waals surface area contributed by atoms with E-state index in [1.54, 1.807) is 0 Å². The third kappa shape index (κ3) is 4.66. The Morgan fingerprint density at radius 2 is 1.02 bits per heavy atom. The SMILES string of the molecule is [2H]c1c([2H])c([2H])c(-c2cccc3c2c2ccccc2n3-c2cc3ccccc3cc2-c2nc(-c3ccccc3)nc(-c3ccccc3)n2)c([2H])c1[2H]. The molecule has 0 fully saturated rings. The Hall–Kier alpha value is -6.39. The summed E-state index contributed by atoms with van der Waals surface area (Å²) in [6.45, 7) is 0. The molecule has 9 rings (SSSR count). The lowest BCUT2D eigenvalue weighted by Gasteiger charge is -2.16. The van der Waals surface area contributed by atoms with Crippen LogP contribution in [0.5, 0.6) is 0 Å². The summed E-state index contributed by atoms with van der Waals surface area (Å²) in [5.41, 5.74) is 5.76. The van der Waals surface area contributed by atoms with Gasteiger partial charge in [-0.1, -0.05) is 145 Å². The molecule has 9 aromatic rings. The fourth-order valence-corrected chi connectivity index (χ4v) is 6.39. The molecule has 0 aliphatic rings. The molecule has 4 heteroatoms. The van der Waals surface area contributed by atoms with Gasteiger partial charge in [-0.25, -0.2) is 15.0 Å². The van der Waals surface area contributed by atoms with Crippen molar-refractivity contribution in [2.24, 2.45) is 0 Å². The summed E-state index contributed by atoms with van der Waals surface area (Å²) in [4.78, 5) is 15.1. The summed E-state index contributed by atoms with van der Waals surface area (Å²) in [7, 11) is 0. The highest BCUT2D eigenvalue weighted by atomic mass is 15.1. The number of para-hydroxylation sites is 1. The van der Waals surface area contributed by atoms with Crippen LogP contribution in [-0.2, 0) is 0 Å². The Balaban J connectivity index is 1.39. The zero-order chi connectivity index (χ0) is 35.5. The minimum absolute atomic E-state index is 0.163. The van der Waals surface area contributed by atoms with Gasteiger partial charge in [-0.3, -0.25) is 0 Å². The lowest BCUT2D eigenvalue weighted by Crippen LogP contribution is -2.04. The van der Waals surface area contributed by atoms with Crippen molar-refractivity contribution >= 4 is 32.6 Å². The Morgan fingerprint density at radius 3 is 1.72 bits per heavy atom. The summed E-state index contributed by atoms with van der Waals surface area (Å²) in [6, 6.07) is 44.2. The Labute approximate surface area is 279 Å². The molecule has 0 spiro atoms. The number of nitrogens with zero attached hydrogens (tertiary/aromatic N) is 4. The molecule has 0 unspecified atom stereocenters. The van der Waals surface area contributed by atoms with Gasteiger partial charge in [0.2, 0.25) is 0 Å². The van der Waals surface area contributed by atoms with Crippen molar-refractivity contribution < 1.29 is 6.85 Å². The van der Waals surface area contributed by atoms with Gasteiger partial charge in [0.05, 0.1) is 23.6 Å². The predicted octanol–water partition coefficient (Wildman–Crippen LogP) is 10.8. The van der Waals surface area contributed by atoms with Crippen LogP contribution in [0.1, 0.15) is 6.85 Å². The smallest absolute Gasteiger partial charge is 0.166 e. The molecule has 0 N–H and O–H groups in total. The molecule has 220 valence electrons. The second-order valence-electron chi connectivity index (χ2n) is 11.3. The molecule has 2 heterocycles. The summed E-state index contributed by atoms with van der Waals surface area (Å²) >= 11 is 0. The summed E-state index contributed by atoms with van der Waals surface area (Å²) in [6.07, 6.45) is 0. The molecule has 0 atom stereocenters. The van der Waals surface area contributed by atoms with E-state index in [-0.39, 0.29) is 29.7 Å². The van der Waals surface area contributed by atoms with Gasteiger partial charge in [0.25, 0.3) is 0 Å². The first-order valence-electron chi connectivity index (χ1n) is 17.9. The number of rotatable bonds is 5. The van der Waals surface area contributed by atoms with Crippen LogP contribution in [0.4, 0.5) is 0 Å². The molecule has 0 amide bonds. The second kappa shape index (κ2) is 11.2.